The van der Waals surface area contributed by atoms with Crippen LogP contribution >= 0.6 is 0 Å². The number of aromatic amines is 1. The van der Waals surface area contributed by atoms with Crippen LogP contribution in [-0.4, -0.2) is 11.6 Å². The fourth-order valence-corrected chi connectivity index (χ4v) is 2.73. The van der Waals surface area contributed by atoms with Crippen LogP contribution in [0.4, 0.5) is 4.39 Å². The van der Waals surface area contributed by atoms with E-state index in [1.807, 2.05) is 0 Å². The highest BCUT2D eigenvalue weighted by Crippen LogP contribution is 2.25. The van der Waals surface area contributed by atoms with Crippen molar-refractivity contribution in [2.24, 2.45) is 0 Å². The van der Waals surface area contributed by atoms with Gasteiger partial charge in [-0.05, 0) is 38.7 Å². The zero-order valence-electron chi connectivity index (χ0n) is 10.9. The summed E-state index contributed by atoms with van der Waals surface area (Å²) >= 11 is 0. The molecule has 1 aromatic carbocycles. The van der Waals surface area contributed by atoms with E-state index < -0.39 is 5.82 Å². The summed E-state index contributed by atoms with van der Waals surface area (Å²) in [5.74, 6) is -0.281. The number of benzene rings is 1. The Labute approximate surface area is 110 Å². The number of nitrogens with one attached hydrogen (secondary N) is 1. The normalized spacial score (nSPS) is 14.4. The van der Waals surface area contributed by atoms with Crippen LogP contribution < -0.4 is 10.2 Å². The van der Waals surface area contributed by atoms with Crippen LogP contribution in [0.5, 0.6) is 5.75 Å². The number of aryl methyl sites for hydroxylation is 1. The SMILES string of the molecule is CCOc1cc2c(=O)c3c([nH]c2cc1F)CCCC3. The van der Waals surface area contributed by atoms with Crippen molar-refractivity contribution in [2.45, 2.75) is 32.6 Å². The molecule has 1 aliphatic carbocycles. The lowest BCUT2D eigenvalue weighted by molar-refractivity contribution is 0.322. The van der Waals surface area contributed by atoms with Crippen molar-refractivity contribution >= 4 is 10.9 Å². The predicted octanol–water partition coefficient (Wildman–Crippen LogP) is 2.94. The van der Waals surface area contributed by atoms with Gasteiger partial charge in [-0.2, -0.15) is 0 Å². The highest BCUT2D eigenvalue weighted by atomic mass is 19.1. The van der Waals surface area contributed by atoms with E-state index >= 15 is 0 Å². The Bertz CT molecular complexity index is 691. The number of fused-ring (bicyclic) bond motifs is 2. The Morgan fingerprint density at radius 1 is 1.32 bits per heavy atom. The fourth-order valence-electron chi connectivity index (χ4n) is 2.73. The molecule has 1 aliphatic rings. The second-order valence-electron chi connectivity index (χ2n) is 4.88. The number of rotatable bonds is 2. The quantitative estimate of drug-likeness (QED) is 0.903. The Morgan fingerprint density at radius 2 is 2.11 bits per heavy atom. The minimum atomic E-state index is -0.430. The van der Waals surface area contributed by atoms with E-state index in [2.05, 4.69) is 4.98 Å². The molecule has 0 amide bonds. The summed E-state index contributed by atoms with van der Waals surface area (Å²) in [4.78, 5) is 15.6. The van der Waals surface area contributed by atoms with E-state index in [0.29, 0.717) is 17.5 Å². The summed E-state index contributed by atoms with van der Waals surface area (Å²) in [5.41, 5.74) is 2.40. The number of halogens is 1. The van der Waals surface area contributed by atoms with Crippen molar-refractivity contribution in [3.63, 3.8) is 0 Å². The van der Waals surface area contributed by atoms with Gasteiger partial charge in [-0.25, -0.2) is 4.39 Å². The number of hydrogen-bond acceptors (Lipinski definition) is 2. The number of pyridine rings is 1. The van der Waals surface area contributed by atoms with Gasteiger partial charge < -0.3 is 9.72 Å². The molecule has 0 spiro atoms. The first-order valence-corrected chi connectivity index (χ1v) is 6.70. The molecule has 3 nitrogen and oxygen atoms in total. The lowest BCUT2D eigenvalue weighted by atomic mass is 9.94. The summed E-state index contributed by atoms with van der Waals surface area (Å²) in [6.07, 6.45) is 3.80. The number of hydrogen-bond donors (Lipinski definition) is 1. The molecule has 0 unspecified atom stereocenters. The third-order valence-electron chi connectivity index (χ3n) is 3.64. The summed E-state index contributed by atoms with van der Waals surface area (Å²) in [6, 6.07) is 2.87. The second kappa shape index (κ2) is 4.68. The van der Waals surface area contributed by atoms with Crippen LogP contribution in [0.25, 0.3) is 10.9 Å². The van der Waals surface area contributed by atoms with Gasteiger partial charge in [0.1, 0.15) is 0 Å². The molecule has 0 saturated heterocycles. The zero-order chi connectivity index (χ0) is 13.4. The summed E-state index contributed by atoms with van der Waals surface area (Å²) in [6.45, 7) is 2.17. The van der Waals surface area contributed by atoms with Gasteiger partial charge in [0.05, 0.1) is 12.1 Å². The van der Waals surface area contributed by atoms with Crippen molar-refractivity contribution in [3.8, 4) is 5.75 Å². The smallest absolute Gasteiger partial charge is 0.192 e. The molecule has 1 N–H and O–H groups in total. The predicted molar refractivity (Wildman–Crippen MR) is 72.3 cm³/mol. The van der Waals surface area contributed by atoms with Crippen LogP contribution in [-0.2, 0) is 12.8 Å². The van der Waals surface area contributed by atoms with Gasteiger partial charge in [0.25, 0.3) is 0 Å². The van der Waals surface area contributed by atoms with E-state index in [4.69, 9.17) is 4.74 Å². The average Bonchev–Trinajstić information content (AvgIpc) is 2.41. The van der Waals surface area contributed by atoms with E-state index in [1.54, 1.807) is 6.92 Å². The molecule has 0 fully saturated rings. The van der Waals surface area contributed by atoms with Gasteiger partial charge in [0, 0.05) is 22.7 Å². The molecule has 19 heavy (non-hydrogen) atoms. The monoisotopic (exact) mass is 261 g/mol. The van der Waals surface area contributed by atoms with Gasteiger partial charge in [0.15, 0.2) is 17.0 Å². The third-order valence-corrected chi connectivity index (χ3v) is 3.64. The zero-order valence-corrected chi connectivity index (χ0v) is 10.9. The highest BCUT2D eigenvalue weighted by molar-refractivity contribution is 5.81. The minimum absolute atomic E-state index is 0.0180. The number of aromatic nitrogens is 1. The molecule has 0 aliphatic heterocycles. The molecule has 2 aromatic rings. The van der Waals surface area contributed by atoms with Gasteiger partial charge in [0.2, 0.25) is 0 Å². The van der Waals surface area contributed by atoms with Gasteiger partial charge in [-0.1, -0.05) is 0 Å². The van der Waals surface area contributed by atoms with Crippen LogP contribution in [0, 0.1) is 5.82 Å². The lowest BCUT2D eigenvalue weighted by Crippen LogP contribution is -2.18. The first-order valence-electron chi connectivity index (χ1n) is 6.70. The Kier molecular flexibility index (Phi) is 3.01. The largest absolute Gasteiger partial charge is 0.491 e. The minimum Gasteiger partial charge on any atom is -0.491 e. The van der Waals surface area contributed by atoms with Crippen LogP contribution in [0.3, 0.4) is 0 Å². The Balaban J connectivity index is 2.27. The van der Waals surface area contributed by atoms with E-state index in [-0.39, 0.29) is 11.2 Å². The highest BCUT2D eigenvalue weighted by Gasteiger charge is 2.17. The van der Waals surface area contributed by atoms with E-state index in [9.17, 15) is 9.18 Å². The van der Waals surface area contributed by atoms with Crippen LogP contribution in [0.1, 0.15) is 31.0 Å². The maximum atomic E-state index is 13.8. The van der Waals surface area contributed by atoms with Crippen molar-refractivity contribution in [3.05, 3.63) is 39.4 Å². The first-order chi connectivity index (χ1) is 9.20. The molecular formula is C15H16FNO2. The Morgan fingerprint density at radius 3 is 2.89 bits per heavy atom. The molecule has 0 atom stereocenters. The fraction of sp³-hybridized carbons (Fsp3) is 0.400. The summed E-state index contributed by atoms with van der Waals surface area (Å²) in [7, 11) is 0. The molecule has 100 valence electrons. The molecule has 1 heterocycles. The maximum Gasteiger partial charge on any atom is 0.192 e. The molecule has 1 aromatic heterocycles. The van der Waals surface area contributed by atoms with Gasteiger partial charge in [-0.3, -0.25) is 4.79 Å². The van der Waals surface area contributed by atoms with Crippen molar-refractivity contribution in [1.29, 1.82) is 0 Å². The number of H-pyrrole nitrogens is 1. The molecule has 0 bridgehead atoms. The Hall–Kier alpha value is -1.84. The van der Waals surface area contributed by atoms with Gasteiger partial charge >= 0.3 is 0 Å². The first kappa shape index (κ1) is 12.2. The van der Waals surface area contributed by atoms with E-state index in [1.165, 1.54) is 12.1 Å². The molecule has 3 rings (SSSR count). The van der Waals surface area contributed by atoms with Crippen molar-refractivity contribution < 1.29 is 9.13 Å². The molecular weight excluding hydrogens is 245 g/mol. The van der Waals surface area contributed by atoms with Crippen molar-refractivity contribution in [2.75, 3.05) is 6.61 Å². The standard InChI is InChI=1S/C15H16FNO2/c1-2-19-14-7-10-13(8-11(14)16)17-12-6-4-3-5-9(12)15(10)18/h7-8H,2-6H2,1H3,(H,17,18). The summed E-state index contributed by atoms with van der Waals surface area (Å²) < 4.78 is 19.0. The van der Waals surface area contributed by atoms with E-state index in [0.717, 1.165) is 36.9 Å². The summed E-state index contributed by atoms with van der Waals surface area (Å²) in [5, 5.41) is 0.519. The molecule has 0 radical (unpaired) electrons. The van der Waals surface area contributed by atoms with Gasteiger partial charge in [-0.15, -0.1) is 0 Å². The second-order valence-corrected chi connectivity index (χ2v) is 4.88. The molecule has 0 saturated carbocycles. The maximum absolute atomic E-state index is 13.8. The topological polar surface area (TPSA) is 42.1 Å². The van der Waals surface area contributed by atoms with Crippen LogP contribution in [0.15, 0.2) is 16.9 Å². The molecule has 4 heteroatoms. The van der Waals surface area contributed by atoms with Crippen molar-refractivity contribution in [1.82, 2.24) is 4.98 Å². The van der Waals surface area contributed by atoms with Crippen LogP contribution in [0.2, 0.25) is 0 Å². The lowest BCUT2D eigenvalue weighted by Gasteiger charge is -2.16. The number of ether oxygens (including phenoxy) is 1. The third kappa shape index (κ3) is 2.01. The average molecular weight is 261 g/mol.